The highest BCUT2D eigenvalue weighted by Crippen LogP contribution is 2.43. The lowest BCUT2D eigenvalue weighted by atomic mass is 9.70. The smallest absolute Gasteiger partial charge is 0.290 e. The number of benzene rings is 1. The number of halogens is 1. The Kier molecular flexibility index (Phi) is 8.21. The number of carbonyl (C=O) groups is 3. The maximum Gasteiger partial charge on any atom is 0.290 e. The number of carboxylic acid groups (broad SMARTS) is 1. The van der Waals surface area contributed by atoms with E-state index in [0.717, 1.165) is 50.8 Å². The van der Waals surface area contributed by atoms with Gasteiger partial charge in [-0.3, -0.25) is 14.4 Å². The topological polar surface area (TPSA) is 77.9 Å². The average Bonchev–Trinajstić information content (AvgIpc) is 2.76. The van der Waals surface area contributed by atoms with E-state index in [-0.39, 0.29) is 18.4 Å². The molecule has 3 fully saturated rings. The minimum atomic E-state index is -0.250. The fourth-order valence-corrected chi connectivity index (χ4v) is 5.91. The van der Waals surface area contributed by atoms with Gasteiger partial charge in [0.05, 0.1) is 0 Å². The van der Waals surface area contributed by atoms with Crippen molar-refractivity contribution in [3.05, 3.63) is 34.3 Å². The maximum atomic E-state index is 13.3. The third kappa shape index (κ3) is 5.28. The van der Waals surface area contributed by atoms with Crippen molar-refractivity contribution in [3.63, 3.8) is 0 Å². The summed E-state index contributed by atoms with van der Waals surface area (Å²) in [5, 5.41) is 7.53. The second-order valence-electron chi connectivity index (χ2n) is 9.83. The quantitative estimate of drug-likeness (QED) is 0.662. The molecule has 1 aromatic rings. The van der Waals surface area contributed by atoms with Crippen LogP contribution in [0, 0.1) is 24.7 Å². The van der Waals surface area contributed by atoms with E-state index >= 15 is 0 Å². The molecule has 0 radical (unpaired) electrons. The van der Waals surface area contributed by atoms with Crippen molar-refractivity contribution in [1.82, 2.24) is 9.80 Å². The lowest BCUT2D eigenvalue weighted by Gasteiger charge is -2.57. The molecule has 4 atom stereocenters. The Labute approximate surface area is 195 Å². The molecule has 3 saturated heterocycles. The second kappa shape index (κ2) is 10.7. The van der Waals surface area contributed by atoms with Gasteiger partial charge in [0.15, 0.2) is 0 Å². The van der Waals surface area contributed by atoms with Crippen LogP contribution in [0.2, 0.25) is 5.02 Å². The molecule has 0 aromatic heterocycles. The number of likely N-dealkylation sites (tertiary alicyclic amines) is 1. The molecule has 176 valence electrons. The normalized spacial score (nSPS) is 26.8. The molecule has 3 heterocycles. The summed E-state index contributed by atoms with van der Waals surface area (Å²) >= 11 is 6.28. The minimum absolute atomic E-state index is 0.0831. The van der Waals surface area contributed by atoms with Gasteiger partial charge in [-0.15, -0.1) is 0 Å². The van der Waals surface area contributed by atoms with Gasteiger partial charge in [0.2, 0.25) is 5.91 Å². The van der Waals surface area contributed by atoms with Crippen molar-refractivity contribution in [2.24, 2.45) is 17.8 Å². The van der Waals surface area contributed by atoms with Crippen LogP contribution in [0.3, 0.4) is 0 Å². The first kappa shape index (κ1) is 24.6. The third-order valence-corrected chi connectivity index (χ3v) is 7.65. The molecule has 3 aliphatic heterocycles. The summed E-state index contributed by atoms with van der Waals surface area (Å²) in [6.45, 7) is 7.71. The van der Waals surface area contributed by atoms with Crippen LogP contribution < -0.4 is 0 Å². The van der Waals surface area contributed by atoms with Crippen molar-refractivity contribution in [2.75, 3.05) is 13.1 Å². The molecular weight excluding hydrogens is 428 g/mol. The maximum absolute atomic E-state index is 13.3. The van der Waals surface area contributed by atoms with Gasteiger partial charge in [-0.1, -0.05) is 31.5 Å². The predicted octanol–water partition coefficient (Wildman–Crippen LogP) is 4.63. The fourth-order valence-electron chi connectivity index (χ4n) is 5.73. The van der Waals surface area contributed by atoms with Gasteiger partial charge < -0.3 is 14.9 Å². The summed E-state index contributed by atoms with van der Waals surface area (Å²) in [4.78, 5) is 38.8. The molecular formula is C25H35ClN2O4. The molecule has 1 N–H and O–H groups in total. The molecule has 0 unspecified atom stereocenters. The Hall–Kier alpha value is -2.08. The SMILES string of the molecule is Cc1ccc(C(=O)N2C[C@H]3C[C@@H](C2)[C@H](CCC(C)C)N2C(=O)CCC[C@@H]32)cc1Cl.O=CO. The van der Waals surface area contributed by atoms with Crippen molar-refractivity contribution in [1.29, 1.82) is 0 Å². The Morgan fingerprint density at radius 1 is 1.28 bits per heavy atom. The lowest BCUT2D eigenvalue weighted by Crippen LogP contribution is -2.65. The van der Waals surface area contributed by atoms with Crippen LogP contribution in [-0.4, -0.2) is 58.4 Å². The number of fused-ring (bicyclic) bond motifs is 4. The van der Waals surface area contributed by atoms with Gasteiger partial charge in [-0.25, -0.2) is 0 Å². The minimum Gasteiger partial charge on any atom is -0.483 e. The summed E-state index contributed by atoms with van der Waals surface area (Å²) in [6, 6.07) is 6.20. The van der Waals surface area contributed by atoms with Gasteiger partial charge in [0.1, 0.15) is 0 Å². The van der Waals surface area contributed by atoms with Crippen LogP contribution in [0.1, 0.15) is 68.3 Å². The van der Waals surface area contributed by atoms with E-state index in [1.807, 2.05) is 24.0 Å². The average molecular weight is 463 g/mol. The zero-order valence-electron chi connectivity index (χ0n) is 19.3. The second-order valence-corrected chi connectivity index (χ2v) is 10.2. The molecule has 2 bridgehead atoms. The number of carbonyl (C=O) groups excluding carboxylic acids is 2. The van der Waals surface area contributed by atoms with Gasteiger partial charge in [0.25, 0.3) is 12.4 Å². The molecule has 0 aliphatic carbocycles. The van der Waals surface area contributed by atoms with E-state index in [2.05, 4.69) is 18.7 Å². The predicted molar refractivity (Wildman–Crippen MR) is 125 cm³/mol. The molecule has 6 nitrogen and oxygen atoms in total. The van der Waals surface area contributed by atoms with Crippen molar-refractivity contribution < 1.29 is 19.5 Å². The first-order valence-electron chi connectivity index (χ1n) is 11.7. The summed E-state index contributed by atoms with van der Waals surface area (Å²) in [6.07, 6.45) is 6.09. The Morgan fingerprint density at radius 3 is 2.62 bits per heavy atom. The zero-order chi connectivity index (χ0) is 23.4. The molecule has 7 heteroatoms. The zero-order valence-corrected chi connectivity index (χ0v) is 20.1. The van der Waals surface area contributed by atoms with E-state index < -0.39 is 0 Å². The summed E-state index contributed by atoms with van der Waals surface area (Å²) in [5.74, 6) is 1.84. The number of aryl methyl sites for hydroxylation is 1. The van der Waals surface area contributed by atoms with E-state index in [1.165, 1.54) is 0 Å². The van der Waals surface area contributed by atoms with Crippen LogP contribution >= 0.6 is 11.6 Å². The molecule has 32 heavy (non-hydrogen) atoms. The highest BCUT2D eigenvalue weighted by molar-refractivity contribution is 6.31. The Balaban J connectivity index is 0.000000913. The summed E-state index contributed by atoms with van der Waals surface area (Å²) in [7, 11) is 0. The van der Waals surface area contributed by atoms with Crippen LogP contribution in [0.4, 0.5) is 0 Å². The van der Waals surface area contributed by atoms with Crippen molar-refractivity contribution >= 4 is 29.9 Å². The van der Waals surface area contributed by atoms with E-state index in [9.17, 15) is 9.59 Å². The largest absolute Gasteiger partial charge is 0.483 e. The van der Waals surface area contributed by atoms with Crippen LogP contribution in [0.5, 0.6) is 0 Å². The van der Waals surface area contributed by atoms with Gasteiger partial charge in [0, 0.05) is 42.2 Å². The standard InChI is InChI=1S/C24H33ClN2O2.CH2O2/c1-15(2)7-10-22-19-11-18(21-5-4-6-23(28)27(21)22)13-26(14-19)24(29)17-9-8-16(3)20(25)12-17;2-1-3/h8-9,12,15,18-19,21-22H,4-7,10-11,13-14H2,1-3H3;1H,(H,2,3)/t18-,19+,21+,22+;/m1./s1. The van der Waals surface area contributed by atoms with E-state index in [4.69, 9.17) is 21.5 Å². The number of hydrogen-bond acceptors (Lipinski definition) is 3. The molecule has 1 aromatic carbocycles. The molecule has 0 saturated carbocycles. The number of piperidine rings is 3. The molecule has 2 amide bonds. The molecule has 4 rings (SSSR count). The van der Waals surface area contributed by atoms with Crippen molar-refractivity contribution in [2.45, 2.75) is 71.4 Å². The number of nitrogens with zero attached hydrogens (tertiary/aromatic N) is 2. The Bertz CT molecular complexity index is 843. The van der Waals surface area contributed by atoms with E-state index in [1.54, 1.807) is 6.07 Å². The number of rotatable bonds is 4. The van der Waals surface area contributed by atoms with Crippen molar-refractivity contribution in [3.8, 4) is 0 Å². The third-order valence-electron chi connectivity index (χ3n) is 7.24. The first-order valence-corrected chi connectivity index (χ1v) is 12.1. The van der Waals surface area contributed by atoms with Gasteiger partial charge in [-0.05, 0) is 74.5 Å². The van der Waals surface area contributed by atoms with Crippen LogP contribution in [-0.2, 0) is 9.59 Å². The number of hydrogen-bond donors (Lipinski definition) is 1. The molecule has 0 spiro atoms. The van der Waals surface area contributed by atoms with Crippen LogP contribution in [0.25, 0.3) is 0 Å². The van der Waals surface area contributed by atoms with Gasteiger partial charge >= 0.3 is 0 Å². The van der Waals surface area contributed by atoms with Crippen LogP contribution in [0.15, 0.2) is 18.2 Å². The highest BCUT2D eigenvalue weighted by atomic mass is 35.5. The molecule has 3 aliphatic rings. The highest BCUT2D eigenvalue weighted by Gasteiger charge is 2.49. The fraction of sp³-hybridized carbons (Fsp3) is 0.640. The van der Waals surface area contributed by atoms with E-state index in [0.29, 0.717) is 46.7 Å². The lowest BCUT2D eigenvalue weighted by molar-refractivity contribution is -0.152. The van der Waals surface area contributed by atoms with Gasteiger partial charge in [-0.2, -0.15) is 0 Å². The summed E-state index contributed by atoms with van der Waals surface area (Å²) in [5.41, 5.74) is 1.67. The summed E-state index contributed by atoms with van der Waals surface area (Å²) < 4.78 is 0. The monoisotopic (exact) mass is 462 g/mol. The first-order chi connectivity index (χ1) is 15.3. The number of amides is 2. The Morgan fingerprint density at radius 2 is 1.97 bits per heavy atom.